The Morgan fingerprint density at radius 2 is 2.50 bits per heavy atom. The molecule has 1 rings (SSSR count). The molecule has 0 saturated heterocycles. The van der Waals surface area contributed by atoms with Crippen LogP contribution in [0.25, 0.3) is 0 Å². The Kier molecular flexibility index (Phi) is 2.41. The lowest BCUT2D eigenvalue weighted by molar-refractivity contribution is 0.115. The number of nitrogens with zero attached hydrogens (tertiary/aromatic N) is 2. The van der Waals surface area contributed by atoms with E-state index in [-0.39, 0.29) is 6.61 Å². The van der Waals surface area contributed by atoms with Crippen LogP contribution < -0.4 is 11.5 Å². The van der Waals surface area contributed by atoms with Gasteiger partial charge in [-0.2, -0.15) is 4.98 Å². The van der Waals surface area contributed by atoms with Gasteiger partial charge in [-0.25, -0.2) is 5.90 Å². The maximum Gasteiger partial charge on any atom is 0.315 e. The highest BCUT2D eigenvalue weighted by atomic mass is 16.6. The van der Waals surface area contributed by atoms with Gasteiger partial charge < -0.3 is 9.67 Å². The van der Waals surface area contributed by atoms with E-state index >= 15 is 0 Å². The summed E-state index contributed by atoms with van der Waals surface area (Å²) in [6.45, 7) is 0.0337. The quantitative estimate of drug-likeness (QED) is 0.550. The molecule has 3 N–H and O–H groups in total. The lowest BCUT2D eigenvalue weighted by Gasteiger charge is -2.04. The lowest BCUT2D eigenvalue weighted by atomic mass is 10.5. The molecular formula is C6H9N3O3. The summed E-state index contributed by atoms with van der Waals surface area (Å²) in [7, 11) is 1.63. The summed E-state index contributed by atoms with van der Waals surface area (Å²) in [5.41, 5.74) is -0.680. The van der Waals surface area contributed by atoms with Crippen LogP contribution in [0, 0.1) is 0 Å². The first-order valence-corrected chi connectivity index (χ1v) is 3.22. The van der Waals surface area contributed by atoms with Crippen LogP contribution in [-0.2, 0) is 18.5 Å². The van der Waals surface area contributed by atoms with E-state index in [0.717, 1.165) is 0 Å². The fourth-order valence-electron chi connectivity index (χ4n) is 0.775. The van der Waals surface area contributed by atoms with Gasteiger partial charge in [0.05, 0.1) is 6.20 Å². The summed E-state index contributed by atoms with van der Waals surface area (Å²) in [5.74, 6) is 4.77. The van der Waals surface area contributed by atoms with E-state index in [4.69, 9.17) is 11.0 Å². The first-order valence-electron chi connectivity index (χ1n) is 3.22. The van der Waals surface area contributed by atoms with Gasteiger partial charge in [-0.1, -0.05) is 0 Å². The van der Waals surface area contributed by atoms with Gasteiger partial charge in [0.25, 0.3) is 0 Å². The van der Waals surface area contributed by atoms with Crippen molar-refractivity contribution in [2.45, 2.75) is 6.61 Å². The summed E-state index contributed by atoms with van der Waals surface area (Å²) in [4.78, 5) is 18.6. The highest BCUT2D eigenvalue weighted by molar-refractivity contribution is 5.11. The fraction of sp³-hybridized carbons (Fsp3) is 0.333. The van der Waals surface area contributed by atoms with Crippen LogP contribution >= 0.6 is 0 Å². The molecule has 0 saturated carbocycles. The minimum Gasteiger partial charge on any atom is -0.502 e. The number of rotatable bonds is 2. The average Bonchev–Trinajstić information content (AvgIpc) is 2.01. The van der Waals surface area contributed by atoms with E-state index in [1.54, 1.807) is 7.05 Å². The summed E-state index contributed by atoms with van der Waals surface area (Å²) in [5, 5.41) is 8.92. The minimum absolute atomic E-state index is 0.0337. The largest absolute Gasteiger partial charge is 0.502 e. The Hall–Kier alpha value is -1.40. The predicted molar refractivity (Wildman–Crippen MR) is 40.1 cm³/mol. The van der Waals surface area contributed by atoms with Gasteiger partial charge in [-0.3, -0.25) is 9.63 Å². The van der Waals surface area contributed by atoms with E-state index in [2.05, 4.69) is 9.82 Å². The van der Waals surface area contributed by atoms with Crippen molar-refractivity contribution in [3.63, 3.8) is 0 Å². The van der Waals surface area contributed by atoms with Crippen LogP contribution in [0.3, 0.4) is 0 Å². The molecule has 0 aliphatic carbocycles. The maximum absolute atomic E-state index is 10.8. The SMILES string of the molecule is Cn1cc(O)c(=O)nc1CON. The Balaban J connectivity index is 3.14. The topological polar surface area (TPSA) is 90.4 Å². The number of aromatic nitrogens is 2. The molecular weight excluding hydrogens is 162 g/mol. The van der Waals surface area contributed by atoms with Crippen molar-refractivity contribution in [3.05, 3.63) is 22.4 Å². The summed E-state index contributed by atoms with van der Waals surface area (Å²) in [6.07, 6.45) is 1.25. The van der Waals surface area contributed by atoms with Gasteiger partial charge in [0.1, 0.15) is 12.4 Å². The van der Waals surface area contributed by atoms with Crippen molar-refractivity contribution < 1.29 is 9.94 Å². The number of aryl methyl sites for hydroxylation is 1. The van der Waals surface area contributed by atoms with Crippen LogP contribution in [0.15, 0.2) is 11.0 Å². The van der Waals surface area contributed by atoms with Crippen LogP contribution in [0.2, 0.25) is 0 Å². The molecule has 0 atom stereocenters. The highest BCUT2D eigenvalue weighted by Gasteiger charge is 2.03. The van der Waals surface area contributed by atoms with Crippen LogP contribution in [0.5, 0.6) is 5.75 Å². The highest BCUT2D eigenvalue weighted by Crippen LogP contribution is 1.99. The summed E-state index contributed by atoms with van der Waals surface area (Å²) >= 11 is 0. The Morgan fingerprint density at radius 1 is 1.83 bits per heavy atom. The first kappa shape index (κ1) is 8.69. The van der Waals surface area contributed by atoms with Crippen LogP contribution in [-0.4, -0.2) is 14.7 Å². The molecule has 0 spiro atoms. The zero-order valence-corrected chi connectivity index (χ0v) is 6.52. The second-order valence-corrected chi connectivity index (χ2v) is 2.27. The summed E-state index contributed by atoms with van der Waals surface area (Å²) < 4.78 is 1.46. The molecule has 0 unspecified atom stereocenters. The molecule has 0 bridgehead atoms. The van der Waals surface area contributed by atoms with E-state index < -0.39 is 11.3 Å². The zero-order valence-electron chi connectivity index (χ0n) is 6.52. The summed E-state index contributed by atoms with van der Waals surface area (Å²) in [6, 6.07) is 0. The molecule has 6 heteroatoms. The van der Waals surface area contributed by atoms with E-state index in [1.807, 2.05) is 0 Å². The molecule has 1 aromatic heterocycles. The van der Waals surface area contributed by atoms with Crippen LogP contribution in [0.1, 0.15) is 5.82 Å². The molecule has 0 radical (unpaired) electrons. The third-order valence-corrected chi connectivity index (χ3v) is 1.39. The first-order chi connectivity index (χ1) is 5.65. The normalized spacial score (nSPS) is 10.2. The standard InChI is InChI=1S/C6H9N3O3/c1-9-2-4(10)6(11)8-5(9)3-12-7/h2,10H,3,7H2,1H3. The van der Waals surface area contributed by atoms with E-state index in [1.165, 1.54) is 10.8 Å². The zero-order chi connectivity index (χ0) is 9.14. The van der Waals surface area contributed by atoms with Gasteiger partial charge >= 0.3 is 5.56 Å². The molecule has 1 heterocycles. The third-order valence-electron chi connectivity index (χ3n) is 1.39. The van der Waals surface area contributed by atoms with E-state index in [0.29, 0.717) is 5.82 Å². The van der Waals surface area contributed by atoms with Gasteiger partial charge in [-0.15, -0.1) is 0 Å². The average molecular weight is 171 g/mol. The number of hydrogen-bond donors (Lipinski definition) is 2. The van der Waals surface area contributed by atoms with Crippen LogP contribution in [0.4, 0.5) is 0 Å². The second kappa shape index (κ2) is 3.33. The molecule has 6 nitrogen and oxygen atoms in total. The molecule has 12 heavy (non-hydrogen) atoms. The predicted octanol–water partition coefficient (Wildman–Crippen LogP) is -1.12. The third kappa shape index (κ3) is 1.60. The maximum atomic E-state index is 10.8. The Labute approximate surface area is 68.2 Å². The monoisotopic (exact) mass is 171 g/mol. The van der Waals surface area contributed by atoms with Crippen molar-refractivity contribution in [1.29, 1.82) is 0 Å². The second-order valence-electron chi connectivity index (χ2n) is 2.27. The van der Waals surface area contributed by atoms with Gasteiger partial charge in [-0.05, 0) is 0 Å². The van der Waals surface area contributed by atoms with Gasteiger partial charge in [0.15, 0.2) is 5.75 Å². The molecule has 0 amide bonds. The number of nitrogens with two attached hydrogens (primary N) is 1. The lowest BCUT2D eigenvalue weighted by Crippen LogP contribution is -2.17. The number of hydrogen-bond acceptors (Lipinski definition) is 5. The molecule has 0 aliphatic rings. The van der Waals surface area contributed by atoms with E-state index in [9.17, 15) is 4.79 Å². The van der Waals surface area contributed by atoms with Crippen molar-refractivity contribution in [2.75, 3.05) is 0 Å². The molecule has 0 fully saturated rings. The van der Waals surface area contributed by atoms with Crippen molar-refractivity contribution in [3.8, 4) is 5.75 Å². The number of aromatic hydroxyl groups is 1. The van der Waals surface area contributed by atoms with Crippen molar-refractivity contribution >= 4 is 0 Å². The Bertz CT molecular complexity index is 333. The van der Waals surface area contributed by atoms with Crippen molar-refractivity contribution in [1.82, 2.24) is 9.55 Å². The molecule has 0 aliphatic heterocycles. The Morgan fingerprint density at radius 3 is 3.08 bits per heavy atom. The molecule has 1 aromatic rings. The smallest absolute Gasteiger partial charge is 0.315 e. The van der Waals surface area contributed by atoms with Gasteiger partial charge in [0.2, 0.25) is 0 Å². The van der Waals surface area contributed by atoms with Gasteiger partial charge in [0, 0.05) is 7.05 Å². The van der Waals surface area contributed by atoms with Crippen molar-refractivity contribution in [2.24, 2.45) is 12.9 Å². The molecule has 66 valence electrons. The minimum atomic E-state index is -0.680. The fourth-order valence-corrected chi connectivity index (χ4v) is 0.775. The molecule has 0 aromatic carbocycles.